The molecule has 0 aromatic heterocycles. The molecule has 3 aromatic rings. The lowest BCUT2D eigenvalue weighted by Crippen LogP contribution is -2.16. The van der Waals surface area contributed by atoms with Crippen LogP contribution in [-0.2, 0) is 10.0 Å². The van der Waals surface area contributed by atoms with E-state index in [4.69, 9.17) is 4.74 Å². The second-order valence-corrected chi connectivity index (χ2v) is 8.21. The second-order valence-electron chi connectivity index (χ2n) is 6.53. The highest BCUT2D eigenvalue weighted by Gasteiger charge is 2.20. The topological polar surface area (TPSA) is 72.5 Å². The van der Waals surface area contributed by atoms with E-state index in [1.54, 1.807) is 61.7 Å². The number of anilines is 1. The van der Waals surface area contributed by atoms with Crippen LogP contribution in [0.2, 0.25) is 0 Å². The standard InChI is InChI=1S/C22H21NO4S.C2H6/c1-15-4-11-19(12-5-15)28(25,26)23-21-13-6-16(2)14-20(21)22(24)17-7-9-18(27-3)10-8-17;1-2/h4-14,23H,1-3H3;1-2H3. The van der Waals surface area contributed by atoms with Gasteiger partial charge in [0.05, 0.1) is 17.7 Å². The normalized spacial score (nSPS) is 10.6. The van der Waals surface area contributed by atoms with E-state index in [2.05, 4.69) is 4.72 Å². The fourth-order valence-corrected chi connectivity index (χ4v) is 3.83. The predicted octanol–water partition coefficient (Wildman–Crippen LogP) is 5.37. The van der Waals surface area contributed by atoms with Crippen molar-refractivity contribution in [3.05, 3.63) is 89.0 Å². The number of aryl methyl sites for hydroxylation is 2. The molecule has 0 bridgehead atoms. The Hall–Kier alpha value is -3.12. The van der Waals surface area contributed by atoms with Crippen LogP contribution in [0.15, 0.2) is 71.6 Å². The largest absolute Gasteiger partial charge is 0.497 e. The number of carbonyl (C=O) groups excluding carboxylic acids is 1. The van der Waals surface area contributed by atoms with Gasteiger partial charge in [0, 0.05) is 11.1 Å². The zero-order valence-corrected chi connectivity index (χ0v) is 18.7. The molecule has 0 radical (unpaired) electrons. The Labute approximate surface area is 178 Å². The monoisotopic (exact) mass is 425 g/mol. The van der Waals surface area contributed by atoms with Gasteiger partial charge in [0.15, 0.2) is 5.78 Å². The molecule has 6 heteroatoms. The molecule has 0 heterocycles. The average Bonchev–Trinajstić information content (AvgIpc) is 2.76. The minimum Gasteiger partial charge on any atom is -0.497 e. The number of ether oxygens (including phenoxy) is 1. The average molecular weight is 426 g/mol. The van der Waals surface area contributed by atoms with Crippen LogP contribution in [0.4, 0.5) is 5.69 Å². The number of nitrogens with one attached hydrogen (secondary N) is 1. The van der Waals surface area contributed by atoms with E-state index >= 15 is 0 Å². The van der Waals surface area contributed by atoms with Crippen molar-refractivity contribution in [1.82, 2.24) is 0 Å². The SMILES string of the molecule is CC.COc1ccc(C(=O)c2cc(C)ccc2NS(=O)(=O)c2ccc(C)cc2)cc1. The van der Waals surface area contributed by atoms with Gasteiger partial charge in [0.25, 0.3) is 10.0 Å². The molecule has 0 aliphatic rings. The maximum absolute atomic E-state index is 13.0. The van der Waals surface area contributed by atoms with Crippen molar-refractivity contribution in [2.75, 3.05) is 11.8 Å². The van der Waals surface area contributed by atoms with Crippen molar-refractivity contribution in [3.8, 4) is 5.75 Å². The lowest BCUT2D eigenvalue weighted by molar-refractivity contribution is 0.103. The fraction of sp³-hybridized carbons (Fsp3) is 0.208. The van der Waals surface area contributed by atoms with Gasteiger partial charge < -0.3 is 4.74 Å². The lowest BCUT2D eigenvalue weighted by Gasteiger charge is -2.13. The molecule has 0 fully saturated rings. The summed E-state index contributed by atoms with van der Waals surface area (Å²) in [5, 5.41) is 0. The molecular weight excluding hydrogens is 398 g/mol. The number of carbonyl (C=O) groups is 1. The van der Waals surface area contributed by atoms with Gasteiger partial charge in [0.1, 0.15) is 5.75 Å². The van der Waals surface area contributed by atoms with E-state index in [9.17, 15) is 13.2 Å². The molecular formula is C24H27NO4S. The minimum absolute atomic E-state index is 0.140. The molecule has 158 valence electrons. The molecule has 3 rings (SSSR count). The quantitative estimate of drug-likeness (QED) is 0.539. The van der Waals surface area contributed by atoms with Gasteiger partial charge in [-0.15, -0.1) is 0 Å². The van der Waals surface area contributed by atoms with Crippen molar-refractivity contribution in [3.63, 3.8) is 0 Å². The van der Waals surface area contributed by atoms with E-state index in [1.807, 2.05) is 27.7 Å². The van der Waals surface area contributed by atoms with Crippen LogP contribution in [0.25, 0.3) is 0 Å². The summed E-state index contributed by atoms with van der Waals surface area (Å²) in [6, 6.07) is 18.3. The molecule has 0 amide bonds. The van der Waals surface area contributed by atoms with E-state index in [1.165, 1.54) is 12.1 Å². The zero-order chi connectivity index (χ0) is 22.3. The molecule has 1 N–H and O–H groups in total. The predicted molar refractivity (Wildman–Crippen MR) is 121 cm³/mol. The van der Waals surface area contributed by atoms with Crippen LogP contribution in [0.5, 0.6) is 5.75 Å². The van der Waals surface area contributed by atoms with Crippen molar-refractivity contribution in [1.29, 1.82) is 0 Å². The first-order valence-corrected chi connectivity index (χ1v) is 11.2. The maximum atomic E-state index is 13.0. The van der Waals surface area contributed by atoms with Gasteiger partial charge in [-0.25, -0.2) is 8.42 Å². The molecule has 0 aliphatic heterocycles. The van der Waals surface area contributed by atoms with Crippen LogP contribution >= 0.6 is 0 Å². The van der Waals surface area contributed by atoms with Gasteiger partial charge in [-0.3, -0.25) is 9.52 Å². The molecule has 0 spiro atoms. The molecule has 30 heavy (non-hydrogen) atoms. The molecule has 5 nitrogen and oxygen atoms in total. The molecule has 0 aliphatic carbocycles. The second kappa shape index (κ2) is 10.1. The lowest BCUT2D eigenvalue weighted by atomic mass is 10.00. The highest BCUT2D eigenvalue weighted by atomic mass is 32.2. The van der Waals surface area contributed by atoms with Crippen LogP contribution in [-0.4, -0.2) is 21.3 Å². The summed E-state index contributed by atoms with van der Waals surface area (Å²) < 4.78 is 33.2. The third-order valence-corrected chi connectivity index (χ3v) is 5.73. The summed E-state index contributed by atoms with van der Waals surface area (Å²) in [5.74, 6) is 0.369. The first kappa shape index (κ1) is 23.2. The van der Waals surface area contributed by atoms with Crippen LogP contribution < -0.4 is 9.46 Å². The first-order valence-electron chi connectivity index (χ1n) is 9.69. The summed E-state index contributed by atoms with van der Waals surface area (Å²) >= 11 is 0. The van der Waals surface area contributed by atoms with E-state index < -0.39 is 10.0 Å². The number of benzene rings is 3. The van der Waals surface area contributed by atoms with Gasteiger partial charge in [-0.2, -0.15) is 0 Å². The summed E-state index contributed by atoms with van der Waals surface area (Å²) in [6.45, 7) is 7.73. The zero-order valence-electron chi connectivity index (χ0n) is 17.9. The van der Waals surface area contributed by atoms with Crippen LogP contribution in [0.1, 0.15) is 40.9 Å². The molecule has 0 atom stereocenters. The summed E-state index contributed by atoms with van der Waals surface area (Å²) in [7, 11) is -2.26. The van der Waals surface area contributed by atoms with Crippen molar-refractivity contribution >= 4 is 21.5 Å². The Balaban J connectivity index is 0.00000155. The number of hydrogen-bond donors (Lipinski definition) is 1. The summed E-state index contributed by atoms with van der Waals surface area (Å²) in [5.41, 5.74) is 2.80. The third kappa shape index (κ3) is 5.48. The Bertz CT molecular complexity index is 1100. The first-order chi connectivity index (χ1) is 14.3. The van der Waals surface area contributed by atoms with E-state index in [0.29, 0.717) is 16.9 Å². The van der Waals surface area contributed by atoms with Crippen molar-refractivity contribution in [2.45, 2.75) is 32.6 Å². The number of rotatable bonds is 6. The Kier molecular flexibility index (Phi) is 7.78. The van der Waals surface area contributed by atoms with Gasteiger partial charge in [-0.05, 0) is 62.4 Å². The minimum atomic E-state index is -3.81. The van der Waals surface area contributed by atoms with Gasteiger partial charge in [0.2, 0.25) is 0 Å². The van der Waals surface area contributed by atoms with Gasteiger partial charge in [-0.1, -0.05) is 43.2 Å². The van der Waals surface area contributed by atoms with Crippen molar-refractivity contribution < 1.29 is 17.9 Å². The van der Waals surface area contributed by atoms with E-state index in [-0.39, 0.29) is 16.4 Å². The summed E-state index contributed by atoms with van der Waals surface area (Å²) in [4.78, 5) is 13.2. The molecule has 0 saturated carbocycles. The van der Waals surface area contributed by atoms with Gasteiger partial charge >= 0.3 is 0 Å². The Morgan fingerprint density at radius 1 is 0.833 bits per heavy atom. The Morgan fingerprint density at radius 3 is 1.97 bits per heavy atom. The van der Waals surface area contributed by atoms with Crippen LogP contribution in [0.3, 0.4) is 0 Å². The molecule has 0 saturated heterocycles. The maximum Gasteiger partial charge on any atom is 0.261 e. The highest BCUT2D eigenvalue weighted by Crippen LogP contribution is 2.25. The fourth-order valence-electron chi connectivity index (χ4n) is 2.75. The van der Waals surface area contributed by atoms with Crippen molar-refractivity contribution in [2.24, 2.45) is 0 Å². The van der Waals surface area contributed by atoms with Crippen LogP contribution in [0, 0.1) is 13.8 Å². The molecule has 0 unspecified atom stereocenters. The smallest absolute Gasteiger partial charge is 0.261 e. The Morgan fingerprint density at radius 2 is 1.40 bits per heavy atom. The number of hydrogen-bond acceptors (Lipinski definition) is 4. The number of methoxy groups -OCH3 is 1. The third-order valence-electron chi connectivity index (χ3n) is 4.35. The summed E-state index contributed by atoms with van der Waals surface area (Å²) in [6.07, 6.45) is 0. The molecule has 3 aromatic carbocycles. The number of sulfonamides is 1. The highest BCUT2D eigenvalue weighted by molar-refractivity contribution is 7.92. The van der Waals surface area contributed by atoms with E-state index in [0.717, 1.165) is 11.1 Å². The number of ketones is 1.